The van der Waals surface area contributed by atoms with Crippen LogP contribution in [0.3, 0.4) is 0 Å². The molecule has 114 valence electrons. The lowest BCUT2D eigenvalue weighted by Gasteiger charge is -2.23. The van der Waals surface area contributed by atoms with Gasteiger partial charge in [0.25, 0.3) is 0 Å². The van der Waals surface area contributed by atoms with E-state index < -0.39 is 26.3 Å². The number of halogens is 1. The Morgan fingerprint density at radius 1 is 1.50 bits per heavy atom. The number of rotatable bonds is 7. The normalized spacial score (nSPS) is 15.0. The molecule has 0 aliphatic carbocycles. The van der Waals surface area contributed by atoms with E-state index in [0.717, 1.165) is 6.07 Å². The summed E-state index contributed by atoms with van der Waals surface area (Å²) in [6.07, 6.45) is 0.235. The predicted molar refractivity (Wildman–Crippen MR) is 73.1 cm³/mol. The van der Waals surface area contributed by atoms with Gasteiger partial charge in [-0.25, -0.2) is 17.5 Å². The molecule has 1 aromatic rings. The van der Waals surface area contributed by atoms with Crippen molar-refractivity contribution >= 4 is 15.7 Å². The van der Waals surface area contributed by atoms with E-state index in [0.29, 0.717) is 0 Å². The van der Waals surface area contributed by atoms with Gasteiger partial charge in [-0.05, 0) is 19.1 Å². The molecule has 1 rings (SSSR count). The zero-order valence-electron chi connectivity index (χ0n) is 11.4. The van der Waals surface area contributed by atoms with Crippen LogP contribution in [0, 0.1) is 5.82 Å². The van der Waals surface area contributed by atoms with Crippen molar-refractivity contribution < 1.29 is 22.7 Å². The fourth-order valence-electron chi connectivity index (χ4n) is 1.54. The van der Waals surface area contributed by atoms with Crippen molar-refractivity contribution in [2.45, 2.75) is 23.8 Å². The molecule has 4 N–H and O–H groups in total. The molecule has 0 bridgehead atoms. The third-order valence-electron chi connectivity index (χ3n) is 2.75. The zero-order valence-corrected chi connectivity index (χ0v) is 12.2. The van der Waals surface area contributed by atoms with Gasteiger partial charge in [0.1, 0.15) is 10.7 Å². The molecule has 0 radical (unpaired) electrons. The lowest BCUT2D eigenvalue weighted by atomic mass is 10.0. The summed E-state index contributed by atoms with van der Waals surface area (Å²) < 4.78 is 44.6. The van der Waals surface area contributed by atoms with Crippen molar-refractivity contribution in [1.82, 2.24) is 4.72 Å². The molecular weight excluding hydrogens is 287 g/mol. The summed E-state index contributed by atoms with van der Waals surface area (Å²) in [6.45, 7) is 1.46. The van der Waals surface area contributed by atoms with Gasteiger partial charge in [-0.1, -0.05) is 6.07 Å². The Balaban J connectivity index is 2.86. The average Bonchev–Trinajstić information content (AvgIpc) is 2.34. The van der Waals surface area contributed by atoms with Crippen LogP contribution >= 0.6 is 0 Å². The minimum Gasteiger partial charge on any atom is -0.398 e. The molecule has 1 unspecified atom stereocenters. The highest BCUT2D eigenvalue weighted by molar-refractivity contribution is 7.89. The molecule has 0 spiro atoms. The maximum absolute atomic E-state index is 13.6. The fraction of sp³-hybridized carbons (Fsp3) is 0.500. The Kier molecular flexibility index (Phi) is 5.46. The molecule has 0 aliphatic heterocycles. The van der Waals surface area contributed by atoms with Gasteiger partial charge in [0.05, 0.1) is 11.3 Å². The molecule has 0 aromatic heterocycles. The number of anilines is 1. The van der Waals surface area contributed by atoms with Gasteiger partial charge in [0, 0.05) is 26.7 Å². The van der Waals surface area contributed by atoms with Crippen LogP contribution in [0.25, 0.3) is 0 Å². The predicted octanol–water partition coefficient (Wildman–Crippen LogP) is 0.474. The second-order valence-electron chi connectivity index (χ2n) is 4.72. The van der Waals surface area contributed by atoms with Crippen LogP contribution in [0.1, 0.15) is 13.3 Å². The van der Waals surface area contributed by atoms with Gasteiger partial charge in [-0.3, -0.25) is 0 Å². The number of ether oxygens (including phenoxy) is 1. The van der Waals surface area contributed by atoms with E-state index in [1.807, 2.05) is 0 Å². The van der Waals surface area contributed by atoms with Gasteiger partial charge in [-0.15, -0.1) is 0 Å². The van der Waals surface area contributed by atoms with Crippen molar-refractivity contribution in [3.05, 3.63) is 24.0 Å². The Labute approximate surface area is 117 Å². The van der Waals surface area contributed by atoms with E-state index in [9.17, 15) is 17.9 Å². The quantitative estimate of drug-likeness (QED) is 0.636. The molecule has 6 nitrogen and oxygen atoms in total. The molecule has 0 aliphatic rings. The van der Waals surface area contributed by atoms with Crippen LogP contribution in [0.2, 0.25) is 0 Å². The summed E-state index contributed by atoms with van der Waals surface area (Å²) in [5.74, 6) is -0.936. The Morgan fingerprint density at radius 3 is 2.70 bits per heavy atom. The molecule has 0 fully saturated rings. The number of methoxy groups -OCH3 is 1. The van der Waals surface area contributed by atoms with E-state index in [-0.39, 0.29) is 25.3 Å². The first-order valence-corrected chi connectivity index (χ1v) is 7.43. The van der Waals surface area contributed by atoms with Crippen LogP contribution in [0.15, 0.2) is 23.1 Å². The standard InChI is InChI=1S/C12H19FN2O4S/c1-12(16,6-7-19-2)8-15-20(17,18)11-9(13)4-3-5-10(11)14/h3-5,15-16H,6-8,14H2,1-2H3. The number of nitrogens with one attached hydrogen (secondary N) is 1. The van der Waals surface area contributed by atoms with Crippen molar-refractivity contribution in [3.63, 3.8) is 0 Å². The highest BCUT2D eigenvalue weighted by atomic mass is 32.2. The minimum absolute atomic E-state index is 0.186. The van der Waals surface area contributed by atoms with Gasteiger partial charge in [0.15, 0.2) is 0 Å². The number of hydrogen-bond acceptors (Lipinski definition) is 5. The number of hydrogen-bond donors (Lipinski definition) is 3. The highest BCUT2D eigenvalue weighted by Gasteiger charge is 2.27. The fourth-order valence-corrected chi connectivity index (χ4v) is 2.89. The largest absolute Gasteiger partial charge is 0.398 e. The third-order valence-corrected chi connectivity index (χ3v) is 4.25. The van der Waals surface area contributed by atoms with Gasteiger partial charge >= 0.3 is 0 Å². The number of sulfonamides is 1. The first-order valence-electron chi connectivity index (χ1n) is 5.94. The topological polar surface area (TPSA) is 102 Å². The molecule has 0 saturated carbocycles. The van der Waals surface area contributed by atoms with E-state index in [1.54, 1.807) is 0 Å². The molecule has 20 heavy (non-hydrogen) atoms. The molecular formula is C12H19FN2O4S. The summed E-state index contributed by atoms with van der Waals surface area (Å²) in [5, 5.41) is 9.96. The summed E-state index contributed by atoms with van der Waals surface area (Å²) in [7, 11) is -2.66. The monoisotopic (exact) mass is 306 g/mol. The molecule has 1 aromatic carbocycles. The van der Waals surface area contributed by atoms with Crippen molar-refractivity contribution in [1.29, 1.82) is 0 Å². The van der Waals surface area contributed by atoms with E-state index in [2.05, 4.69) is 4.72 Å². The second-order valence-corrected chi connectivity index (χ2v) is 6.43. The summed E-state index contributed by atoms with van der Waals surface area (Å²) in [5.41, 5.74) is 4.00. The van der Waals surface area contributed by atoms with Crippen molar-refractivity contribution in [2.75, 3.05) is 26.0 Å². The first-order chi connectivity index (χ1) is 9.19. The van der Waals surface area contributed by atoms with Gasteiger partial charge in [0.2, 0.25) is 10.0 Å². The Bertz CT molecular complexity index is 540. The molecule has 8 heteroatoms. The molecule has 1 atom stereocenters. The zero-order chi connectivity index (χ0) is 15.4. The van der Waals surface area contributed by atoms with E-state index in [1.165, 1.54) is 26.2 Å². The first kappa shape index (κ1) is 16.8. The average molecular weight is 306 g/mol. The number of benzene rings is 1. The maximum Gasteiger partial charge on any atom is 0.245 e. The number of aliphatic hydroxyl groups is 1. The van der Waals surface area contributed by atoms with Crippen LogP contribution in [-0.2, 0) is 14.8 Å². The molecule has 0 heterocycles. The van der Waals surface area contributed by atoms with Crippen LogP contribution in [0.4, 0.5) is 10.1 Å². The van der Waals surface area contributed by atoms with Crippen molar-refractivity contribution in [3.8, 4) is 0 Å². The lowest BCUT2D eigenvalue weighted by molar-refractivity contribution is 0.0292. The molecule has 0 amide bonds. The Hall–Kier alpha value is -1.22. The van der Waals surface area contributed by atoms with Crippen LogP contribution < -0.4 is 10.5 Å². The maximum atomic E-state index is 13.6. The van der Waals surface area contributed by atoms with E-state index in [4.69, 9.17) is 10.5 Å². The van der Waals surface area contributed by atoms with Crippen molar-refractivity contribution in [2.24, 2.45) is 0 Å². The smallest absolute Gasteiger partial charge is 0.245 e. The second kappa shape index (κ2) is 6.49. The number of nitrogens with two attached hydrogens (primary N) is 1. The summed E-state index contributed by atoms with van der Waals surface area (Å²) >= 11 is 0. The van der Waals surface area contributed by atoms with Crippen LogP contribution in [-0.4, -0.2) is 39.4 Å². The number of nitrogen functional groups attached to an aromatic ring is 1. The third kappa shape index (κ3) is 4.41. The minimum atomic E-state index is -4.13. The lowest BCUT2D eigenvalue weighted by Crippen LogP contribution is -2.41. The van der Waals surface area contributed by atoms with Gasteiger partial charge in [-0.2, -0.15) is 0 Å². The Morgan fingerprint density at radius 2 is 2.15 bits per heavy atom. The molecule has 0 saturated heterocycles. The summed E-state index contributed by atoms with van der Waals surface area (Å²) in [6, 6.07) is 3.62. The van der Waals surface area contributed by atoms with Crippen LogP contribution in [0.5, 0.6) is 0 Å². The van der Waals surface area contributed by atoms with Gasteiger partial charge < -0.3 is 15.6 Å². The van der Waals surface area contributed by atoms with E-state index >= 15 is 0 Å². The summed E-state index contributed by atoms with van der Waals surface area (Å²) in [4.78, 5) is -0.609. The highest BCUT2D eigenvalue weighted by Crippen LogP contribution is 2.21. The SMILES string of the molecule is COCCC(C)(O)CNS(=O)(=O)c1c(N)cccc1F.